The van der Waals surface area contributed by atoms with Crippen LogP contribution < -0.4 is 5.32 Å². The van der Waals surface area contributed by atoms with E-state index in [4.69, 9.17) is 9.84 Å². The maximum Gasteiger partial charge on any atom is 0.413 e. The van der Waals surface area contributed by atoms with Crippen molar-refractivity contribution in [2.45, 2.75) is 12.3 Å². The fourth-order valence-electron chi connectivity index (χ4n) is 3.30. The van der Waals surface area contributed by atoms with Gasteiger partial charge in [0.25, 0.3) is 0 Å². The summed E-state index contributed by atoms with van der Waals surface area (Å²) in [4.78, 5) is 26.8. The zero-order valence-electron chi connectivity index (χ0n) is 14.2. The van der Waals surface area contributed by atoms with Gasteiger partial charge in [0, 0.05) is 11.3 Å². The maximum atomic E-state index is 12.1. The molecule has 1 amide bonds. The van der Waals surface area contributed by atoms with Gasteiger partial charge in [-0.15, -0.1) is 11.3 Å². The molecule has 0 saturated carbocycles. The van der Waals surface area contributed by atoms with E-state index in [1.54, 1.807) is 0 Å². The van der Waals surface area contributed by atoms with Crippen LogP contribution in [0.5, 0.6) is 0 Å². The summed E-state index contributed by atoms with van der Waals surface area (Å²) in [5.41, 5.74) is 4.49. The predicted octanol–water partition coefficient (Wildman–Crippen LogP) is 4.46. The monoisotopic (exact) mass is 380 g/mol. The number of rotatable bonds is 4. The van der Waals surface area contributed by atoms with Gasteiger partial charge in [0.05, 0.1) is 0 Å². The van der Waals surface area contributed by atoms with Crippen molar-refractivity contribution in [3.63, 3.8) is 0 Å². The third-order valence-corrected chi connectivity index (χ3v) is 5.24. The van der Waals surface area contributed by atoms with E-state index in [0.717, 1.165) is 34.5 Å². The minimum Gasteiger partial charge on any atom is -0.476 e. The number of benzene rings is 1. The molecule has 1 aromatic carbocycles. The normalized spacial score (nSPS) is 17.3. The molecular formula is C20H16N2O4S. The van der Waals surface area contributed by atoms with Gasteiger partial charge in [-0.3, -0.25) is 5.32 Å². The third kappa shape index (κ3) is 3.41. The van der Waals surface area contributed by atoms with Gasteiger partial charge in [-0.2, -0.15) is 0 Å². The number of carboxylic acid groups (broad SMARTS) is 1. The molecule has 0 bridgehead atoms. The highest BCUT2D eigenvalue weighted by atomic mass is 32.1. The second-order valence-corrected chi connectivity index (χ2v) is 6.97. The smallest absolute Gasteiger partial charge is 0.413 e. The maximum absolute atomic E-state index is 12.1. The number of carbonyl (C=O) groups excluding carboxylic acids is 1. The van der Waals surface area contributed by atoms with E-state index in [0.29, 0.717) is 0 Å². The average molecular weight is 380 g/mol. The standard InChI is InChI=1S/C20H16N2O4S/c23-18(24)17-11-27-19(21-17)22-20(25)26-10-16-14-7-3-1-2-6-12(14)13-8-4-5-9-15(13)16/h2-9,11,16H,1,10H2,(H,23,24)(H,21,22,25). The van der Waals surface area contributed by atoms with Crippen LogP contribution in [0.3, 0.4) is 0 Å². The lowest BCUT2D eigenvalue weighted by Gasteiger charge is -2.15. The van der Waals surface area contributed by atoms with Crippen molar-refractivity contribution in [1.82, 2.24) is 4.98 Å². The van der Waals surface area contributed by atoms with Crippen molar-refractivity contribution in [2.24, 2.45) is 0 Å². The molecule has 0 saturated heterocycles. The molecule has 2 aliphatic carbocycles. The number of nitrogens with one attached hydrogen (secondary N) is 1. The summed E-state index contributed by atoms with van der Waals surface area (Å²) < 4.78 is 5.42. The SMILES string of the molecule is O=C(Nc1nc(C(=O)O)cs1)OCC1C2=C(C=CCC=C2)c2ccccc21. The van der Waals surface area contributed by atoms with E-state index in [1.807, 2.05) is 12.1 Å². The molecule has 27 heavy (non-hydrogen) atoms. The first kappa shape index (κ1) is 17.2. The summed E-state index contributed by atoms with van der Waals surface area (Å²) in [6.45, 7) is 0.191. The summed E-state index contributed by atoms with van der Waals surface area (Å²) in [5, 5.41) is 12.9. The van der Waals surface area contributed by atoms with E-state index in [9.17, 15) is 9.59 Å². The highest BCUT2D eigenvalue weighted by Crippen LogP contribution is 2.44. The Bertz CT molecular complexity index is 1000. The van der Waals surface area contributed by atoms with Crippen LogP contribution >= 0.6 is 11.3 Å². The number of hydrogen-bond acceptors (Lipinski definition) is 5. The van der Waals surface area contributed by atoms with Crippen molar-refractivity contribution in [3.05, 3.63) is 76.3 Å². The fraction of sp³-hybridized carbons (Fsp3) is 0.150. The van der Waals surface area contributed by atoms with Gasteiger partial charge in [0.1, 0.15) is 6.61 Å². The molecule has 4 rings (SSSR count). The van der Waals surface area contributed by atoms with Gasteiger partial charge >= 0.3 is 12.1 Å². The molecule has 1 heterocycles. The molecule has 1 unspecified atom stereocenters. The zero-order chi connectivity index (χ0) is 18.8. The number of thiazole rings is 1. The Kier molecular flexibility index (Phi) is 4.60. The highest BCUT2D eigenvalue weighted by Gasteiger charge is 2.30. The second kappa shape index (κ2) is 7.20. The molecule has 1 atom stereocenters. The number of aromatic nitrogens is 1. The summed E-state index contributed by atoms with van der Waals surface area (Å²) in [6.07, 6.45) is 8.66. The quantitative estimate of drug-likeness (QED) is 0.818. The lowest BCUT2D eigenvalue weighted by atomic mass is 9.96. The number of carbonyl (C=O) groups is 2. The molecule has 7 heteroatoms. The van der Waals surface area contributed by atoms with Gasteiger partial charge in [-0.25, -0.2) is 14.6 Å². The summed E-state index contributed by atoms with van der Waals surface area (Å²) in [5.74, 6) is -1.17. The number of anilines is 1. The second-order valence-electron chi connectivity index (χ2n) is 6.12. The molecule has 2 N–H and O–H groups in total. The Labute approximate surface area is 159 Å². The molecule has 0 radical (unpaired) electrons. The van der Waals surface area contributed by atoms with Crippen LogP contribution in [-0.4, -0.2) is 28.8 Å². The van der Waals surface area contributed by atoms with Crippen LogP contribution in [0.4, 0.5) is 9.93 Å². The van der Waals surface area contributed by atoms with Crippen LogP contribution in [-0.2, 0) is 4.74 Å². The first-order valence-electron chi connectivity index (χ1n) is 8.42. The van der Waals surface area contributed by atoms with Gasteiger partial charge in [0.15, 0.2) is 10.8 Å². The molecule has 6 nitrogen and oxygen atoms in total. The van der Waals surface area contributed by atoms with E-state index in [-0.39, 0.29) is 23.4 Å². The lowest BCUT2D eigenvalue weighted by Crippen LogP contribution is -2.18. The molecule has 0 aliphatic heterocycles. The third-order valence-electron chi connectivity index (χ3n) is 4.48. The molecule has 2 aliphatic rings. The first-order valence-corrected chi connectivity index (χ1v) is 9.30. The fourth-order valence-corrected chi connectivity index (χ4v) is 3.97. The van der Waals surface area contributed by atoms with Crippen LogP contribution in [0.15, 0.2) is 59.5 Å². The van der Waals surface area contributed by atoms with E-state index in [2.05, 4.69) is 46.7 Å². The largest absolute Gasteiger partial charge is 0.476 e. The Morgan fingerprint density at radius 3 is 2.89 bits per heavy atom. The van der Waals surface area contributed by atoms with E-state index >= 15 is 0 Å². The Morgan fingerprint density at radius 1 is 1.26 bits per heavy atom. The minimum absolute atomic E-state index is 0.0353. The molecule has 2 aromatic rings. The number of carboxylic acids is 1. The Hall–Kier alpha value is -3.19. The number of amides is 1. The number of aromatic carboxylic acids is 1. The highest BCUT2D eigenvalue weighted by molar-refractivity contribution is 7.14. The number of ether oxygens (including phenoxy) is 1. The van der Waals surface area contributed by atoms with Crippen LogP contribution in [0.25, 0.3) is 5.57 Å². The number of hydrogen-bond donors (Lipinski definition) is 2. The lowest BCUT2D eigenvalue weighted by molar-refractivity contribution is 0.0691. The van der Waals surface area contributed by atoms with Crippen LogP contribution in [0, 0.1) is 0 Å². The van der Waals surface area contributed by atoms with E-state index < -0.39 is 12.1 Å². The minimum atomic E-state index is -1.14. The number of fused-ring (bicyclic) bond motifs is 2. The van der Waals surface area contributed by atoms with Crippen molar-refractivity contribution in [1.29, 1.82) is 0 Å². The van der Waals surface area contributed by atoms with Gasteiger partial charge in [-0.1, -0.05) is 48.6 Å². The topological polar surface area (TPSA) is 88.5 Å². The predicted molar refractivity (Wildman–Crippen MR) is 103 cm³/mol. The van der Waals surface area contributed by atoms with Crippen molar-refractivity contribution in [2.75, 3.05) is 11.9 Å². The number of nitrogens with zero attached hydrogens (tertiary/aromatic N) is 1. The summed E-state index contributed by atoms with van der Waals surface area (Å²) in [6, 6.07) is 8.12. The summed E-state index contributed by atoms with van der Waals surface area (Å²) >= 11 is 1.04. The van der Waals surface area contributed by atoms with Crippen LogP contribution in [0.1, 0.15) is 34.0 Å². The Morgan fingerprint density at radius 2 is 2.07 bits per heavy atom. The molecule has 1 aromatic heterocycles. The zero-order valence-corrected chi connectivity index (χ0v) is 15.0. The van der Waals surface area contributed by atoms with Gasteiger partial charge in [0.2, 0.25) is 0 Å². The molecular weight excluding hydrogens is 364 g/mol. The van der Waals surface area contributed by atoms with Gasteiger partial charge in [-0.05, 0) is 28.7 Å². The van der Waals surface area contributed by atoms with Gasteiger partial charge < -0.3 is 9.84 Å². The van der Waals surface area contributed by atoms with Crippen molar-refractivity contribution >= 4 is 34.1 Å². The molecule has 0 fully saturated rings. The van der Waals surface area contributed by atoms with Crippen LogP contribution in [0.2, 0.25) is 0 Å². The van der Waals surface area contributed by atoms with Crippen molar-refractivity contribution in [3.8, 4) is 0 Å². The first-order chi connectivity index (χ1) is 13.1. The molecule has 0 spiro atoms. The van der Waals surface area contributed by atoms with E-state index in [1.165, 1.54) is 11.0 Å². The molecule has 136 valence electrons. The summed E-state index contributed by atoms with van der Waals surface area (Å²) in [7, 11) is 0. The average Bonchev–Trinajstić information content (AvgIpc) is 3.14. The van der Waals surface area contributed by atoms with Crippen molar-refractivity contribution < 1.29 is 19.4 Å². The number of allylic oxidation sites excluding steroid dienone is 5. The Balaban J connectivity index is 1.48.